The van der Waals surface area contributed by atoms with Gasteiger partial charge in [-0.3, -0.25) is 14.4 Å². The maximum Gasteiger partial charge on any atom is 0.311 e. The largest absolute Gasteiger partial charge is 0.462 e. The predicted octanol–water partition coefficient (Wildman–Crippen LogP) is 4.00. The highest BCUT2D eigenvalue weighted by molar-refractivity contribution is 5.88. The minimum absolute atomic E-state index is 0.000385. The molecule has 8 bridgehead atoms. The fourth-order valence-corrected chi connectivity index (χ4v) is 10.3. The van der Waals surface area contributed by atoms with E-state index in [2.05, 4.69) is 0 Å². The van der Waals surface area contributed by atoms with E-state index in [0.29, 0.717) is 53.1 Å². The van der Waals surface area contributed by atoms with Gasteiger partial charge in [-0.2, -0.15) is 0 Å². The summed E-state index contributed by atoms with van der Waals surface area (Å²) >= 11 is 0. The van der Waals surface area contributed by atoms with E-state index in [1.807, 2.05) is 13.8 Å². The summed E-state index contributed by atoms with van der Waals surface area (Å²) in [6.07, 6.45) is 8.54. The van der Waals surface area contributed by atoms with Crippen molar-refractivity contribution in [3.8, 4) is 0 Å². The number of ether oxygens (including phenoxy) is 3. The Morgan fingerprint density at radius 3 is 2.41 bits per heavy atom. The molecule has 0 saturated heterocycles. The molecule has 8 saturated carbocycles. The first kappa shape index (κ1) is 21.8. The molecule has 8 aliphatic carbocycles. The van der Waals surface area contributed by atoms with Gasteiger partial charge in [0.15, 0.2) is 6.79 Å². The fraction of sp³-hybridized carbons (Fsp3) is 0.893. The zero-order chi connectivity index (χ0) is 23.3. The Labute approximate surface area is 201 Å². The third kappa shape index (κ3) is 3.12. The molecule has 8 rings (SSSR count). The number of Topliss-reactive ketones (excluding diaryl/α,β-unsaturated/α-hetero) is 1. The van der Waals surface area contributed by atoms with Crippen LogP contribution in [0.25, 0.3) is 0 Å². The Balaban J connectivity index is 0.950. The van der Waals surface area contributed by atoms with Crippen LogP contribution in [0.1, 0.15) is 65.2 Å². The molecule has 0 radical (unpaired) electrons. The first-order valence-corrected chi connectivity index (χ1v) is 13.9. The molecule has 8 fully saturated rings. The molecule has 0 aromatic rings. The van der Waals surface area contributed by atoms with E-state index < -0.39 is 0 Å². The predicted molar refractivity (Wildman–Crippen MR) is 121 cm³/mol. The van der Waals surface area contributed by atoms with E-state index in [1.165, 1.54) is 6.42 Å². The van der Waals surface area contributed by atoms with Crippen molar-refractivity contribution in [2.24, 2.45) is 71.0 Å². The van der Waals surface area contributed by atoms with Crippen LogP contribution >= 0.6 is 0 Å². The Bertz CT molecular complexity index is 897. The molecule has 6 heteroatoms. The monoisotopic (exact) mass is 470 g/mol. The number of esters is 2. The van der Waals surface area contributed by atoms with Gasteiger partial charge in [0.05, 0.1) is 17.9 Å². The lowest BCUT2D eigenvalue weighted by Crippen LogP contribution is -2.40. The number of fused-ring (bicyclic) bond motifs is 8. The highest BCUT2D eigenvalue weighted by Gasteiger charge is 2.62. The zero-order valence-electron chi connectivity index (χ0n) is 20.4. The highest BCUT2D eigenvalue weighted by atomic mass is 16.7. The SMILES string of the molecule is CC(C)C(=O)OC1CC2CC1C1CC3CC(CC3C(=O)OCOC3C4CC5CC(C4=O)C3C5)C21. The van der Waals surface area contributed by atoms with Crippen LogP contribution in [0.5, 0.6) is 0 Å². The summed E-state index contributed by atoms with van der Waals surface area (Å²) in [7, 11) is 0. The van der Waals surface area contributed by atoms with Crippen LogP contribution in [-0.4, -0.2) is 36.7 Å². The maximum absolute atomic E-state index is 13.1. The Morgan fingerprint density at radius 1 is 0.853 bits per heavy atom. The minimum atomic E-state index is -0.0959. The van der Waals surface area contributed by atoms with Gasteiger partial charge < -0.3 is 14.2 Å². The number of ketones is 1. The van der Waals surface area contributed by atoms with Crippen LogP contribution in [0.2, 0.25) is 0 Å². The van der Waals surface area contributed by atoms with E-state index in [9.17, 15) is 14.4 Å². The second-order valence-corrected chi connectivity index (χ2v) is 13.2. The summed E-state index contributed by atoms with van der Waals surface area (Å²) in [6, 6.07) is 0. The molecule has 0 aliphatic heterocycles. The molecule has 0 amide bonds. The second kappa shape index (κ2) is 7.78. The van der Waals surface area contributed by atoms with Gasteiger partial charge in [-0.15, -0.1) is 0 Å². The van der Waals surface area contributed by atoms with E-state index in [4.69, 9.17) is 14.2 Å². The summed E-state index contributed by atoms with van der Waals surface area (Å²) in [5.74, 6) is 4.86. The van der Waals surface area contributed by atoms with E-state index >= 15 is 0 Å². The number of rotatable bonds is 6. The van der Waals surface area contributed by atoms with Gasteiger partial charge in [-0.25, -0.2) is 0 Å². The molecule has 0 heterocycles. The van der Waals surface area contributed by atoms with Gasteiger partial charge in [0.1, 0.15) is 11.9 Å². The molecule has 0 aromatic carbocycles. The van der Waals surface area contributed by atoms with Gasteiger partial charge in [0, 0.05) is 11.8 Å². The van der Waals surface area contributed by atoms with Gasteiger partial charge in [0.2, 0.25) is 0 Å². The van der Waals surface area contributed by atoms with Gasteiger partial charge in [-0.05, 0) is 98.7 Å². The lowest BCUT2D eigenvalue weighted by molar-refractivity contribution is -0.172. The Hall–Kier alpha value is -1.43. The number of hydrogen-bond acceptors (Lipinski definition) is 6. The van der Waals surface area contributed by atoms with Crippen molar-refractivity contribution in [2.45, 2.75) is 77.4 Å². The molecular weight excluding hydrogens is 432 g/mol. The molecule has 0 spiro atoms. The maximum atomic E-state index is 13.1. The van der Waals surface area contributed by atoms with Crippen molar-refractivity contribution in [3.05, 3.63) is 0 Å². The van der Waals surface area contributed by atoms with Gasteiger partial charge in [0.25, 0.3) is 0 Å². The summed E-state index contributed by atoms with van der Waals surface area (Å²) in [5, 5.41) is 0. The van der Waals surface area contributed by atoms with Crippen molar-refractivity contribution >= 4 is 17.7 Å². The number of carbonyl (C=O) groups excluding carboxylic acids is 3. The molecule has 8 aliphatic rings. The van der Waals surface area contributed by atoms with Crippen LogP contribution in [0.15, 0.2) is 0 Å². The van der Waals surface area contributed by atoms with Gasteiger partial charge in [-0.1, -0.05) is 13.8 Å². The van der Waals surface area contributed by atoms with E-state index in [1.54, 1.807) is 0 Å². The molecule has 0 aromatic heterocycles. The highest BCUT2D eigenvalue weighted by Crippen LogP contribution is 2.65. The summed E-state index contributed by atoms with van der Waals surface area (Å²) < 4.78 is 17.7. The normalized spacial score (nSPS) is 51.4. The average Bonchev–Trinajstić information content (AvgIpc) is 3.57. The zero-order valence-corrected chi connectivity index (χ0v) is 20.4. The Kier molecular flexibility index (Phi) is 4.99. The summed E-state index contributed by atoms with van der Waals surface area (Å²) in [5.41, 5.74) is 0. The smallest absolute Gasteiger partial charge is 0.311 e. The Morgan fingerprint density at radius 2 is 1.62 bits per heavy atom. The first-order chi connectivity index (χ1) is 16.4. The standard InChI is InChI=1S/C28H38O6/c1-12(2)27(30)34-23-10-16-9-18(23)19-7-14-6-15(24(16)19)8-17(14)28(31)33-11-32-26-21-4-13-3-20(21)25(29)22(26)5-13/h12-24,26H,3-11H2,1-2H3. The quantitative estimate of drug-likeness (QED) is 0.431. The van der Waals surface area contributed by atoms with Crippen LogP contribution in [0, 0.1) is 71.0 Å². The average molecular weight is 471 g/mol. The molecule has 0 N–H and O–H groups in total. The second-order valence-electron chi connectivity index (χ2n) is 13.2. The van der Waals surface area contributed by atoms with Crippen molar-refractivity contribution in [1.29, 1.82) is 0 Å². The molecule has 13 unspecified atom stereocenters. The lowest BCUT2D eigenvalue weighted by Gasteiger charge is -2.42. The van der Waals surface area contributed by atoms with Crippen LogP contribution in [-0.2, 0) is 28.6 Å². The third-order valence-corrected chi connectivity index (χ3v) is 11.4. The van der Waals surface area contributed by atoms with Crippen molar-refractivity contribution in [1.82, 2.24) is 0 Å². The van der Waals surface area contributed by atoms with Crippen molar-refractivity contribution < 1.29 is 28.6 Å². The van der Waals surface area contributed by atoms with Gasteiger partial charge >= 0.3 is 11.9 Å². The lowest BCUT2D eigenvalue weighted by atomic mass is 9.65. The van der Waals surface area contributed by atoms with Crippen LogP contribution in [0.3, 0.4) is 0 Å². The van der Waals surface area contributed by atoms with Crippen LogP contribution < -0.4 is 0 Å². The molecule has 186 valence electrons. The number of carbonyl (C=O) groups is 3. The molecule has 13 atom stereocenters. The molecule has 6 nitrogen and oxygen atoms in total. The third-order valence-electron chi connectivity index (χ3n) is 11.4. The summed E-state index contributed by atoms with van der Waals surface area (Å²) in [6.45, 7) is 3.80. The van der Waals surface area contributed by atoms with Crippen molar-refractivity contribution in [2.75, 3.05) is 6.79 Å². The molecule has 34 heavy (non-hydrogen) atoms. The van der Waals surface area contributed by atoms with Crippen molar-refractivity contribution in [3.63, 3.8) is 0 Å². The molecular formula is C28H38O6. The topological polar surface area (TPSA) is 78.9 Å². The van der Waals surface area contributed by atoms with E-state index in [0.717, 1.165) is 44.9 Å². The van der Waals surface area contributed by atoms with E-state index in [-0.39, 0.29) is 54.6 Å². The number of hydrogen-bond donors (Lipinski definition) is 0. The van der Waals surface area contributed by atoms with Crippen LogP contribution in [0.4, 0.5) is 0 Å². The minimum Gasteiger partial charge on any atom is -0.462 e. The first-order valence-electron chi connectivity index (χ1n) is 13.9. The summed E-state index contributed by atoms with van der Waals surface area (Å²) in [4.78, 5) is 37.8. The fourth-order valence-electron chi connectivity index (χ4n) is 10.3.